The molecule has 1 aliphatic carbocycles. The Bertz CT molecular complexity index is 1230. The molecule has 1 N–H and O–H groups in total. The predicted octanol–water partition coefficient (Wildman–Crippen LogP) is 5.85. The zero-order valence-corrected chi connectivity index (χ0v) is 20.4. The summed E-state index contributed by atoms with van der Waals surface area (Å²) >= 11 is 0. The largest absolute Gasteiger partial charge is 0.448 e. The van der Waals surface area contributed by atoms with Gasteiger partial charge in [0.2, 0.25) is 0 Å². The Balaban J connectivity index is 1.21. The van der Waals surface area contributed by atoms with Gasteiger partial charge < -0.3 is 14.7 Å². The fourth-order valence-electron chi connectivity index (χ4n) is 6.79. The quantitative estimate of drug-likeness (QED) is 0.524. The molecule has 2 fully saturated rings. The van der Waals surface area contributed by atoms with E-state index in [9.17, 15) is 9.90 Å². The van der Waals surface area contributed by atoms with Crippen LogP contribution < -0.4 is 0 Å². The molecule has 2 bridgehead atoms. The normalized spacial score (nSPS) is 25.2. The van der Waals surface area contributed by atoms with Crippen molar-refractivity contribution in [1.29, 1.82) is 0 Å². The number of nitrogens with zero attached hydrogens (tertiary/aromatic N) is 2. The summed E-state index contributed by atoms with van der Waals surface area (Å²) in [6.45, 7) is 4.36. The third-order valence-electron chi connectivity index (χ3n) is 8.21. The summed E-state index contributed by atoms with van der Waals surface area (Å²) in [5, 5.41) is 11.7. The first-order valence-electron chi connectivity index (χ1n) is 12.7. The molecular weight excluding hydrogens is 436 g/mol. The molecule has 1 amide bonds. The average molecular weight is 469 g/mol. The topological polar surface area (TPSA) is 62.7 Å². The Morgan fingerprint density at radius 3 is 2.23 bits per heavy atom. The van der Waals surface area contributed by atoms with Crippen molar-refractivity contribution in [2.24, 2.45) is 0 Å². The van der Waals surface area contributed by atoms with E-state index in [2.05, 4.69) is 59.6 Å². The van der Waals surface area contributed by atoms with Gasteiger partial charge in [-0.3, -0.25) is 4.98 Å². The van der Waals surface area contributed by atoms with Gasteiger partial charge in [-0.25, -0.2) is 4.79 Å². The maximum absolute atomic E-state index is 13.5. The zero-order valence-electron chi connectivity index (χ0n) is 20.4. The molecule has 3 heterocycles. The van der Waals surface area contributed by atoms with E-state index >= 15 is 0 Å². The van der Waals surface area contributed by atoms with E-state index in [4.69, 9.17) is 4.74 Å². The minimum atomic E-state index is -1.01. The van der Waals surface area contributed by atoms with E-state index in [1.54, 1.807) is 0 Å². The van der Waals surface area contributed by atoms with Gasteiger partial charge in [0.25, 0.3) is 0 Å². The second-order valence-corrected chi connectivity index (χ2v) is 10.6. The SMILES string of the molecule is Cc1cnc(C2(O)CC3CCCC(C2)N3C(=O)OCC2c3ccccc3-c3ccccc32)c(C)c1. The third-order valence-corrected chi connectivity index (χ3v) is 8.21. The van der Waals surface area contributed by atoms with Gasteiger partial charge in [-0.2, -0.15) is 0 Å². The highest BCUT2D eigenvalue weighted by Gasteiger charge is 2.50. The number of amides is 1. The summed E-state index contributed by atoms with van der Waals surface area (Å²) in [6, 6.07) is 18.8. The van der Waals surface area contributed by atoms with Crippen LogP contribution in [-0.2, 0) is 10.3 Å². The molecule has 2 atom stereocenters. The molecule has 180 valence electrons. The van der Waals surface area contributed by atoms with Gasteiger partial charge in [0.1, 0.15) is 12.2 Å². The highest BCUT2D eigenvalue weighted by Crippen LogP contribution is 2.46. The summed E-state index contributed by atoms with van der Waals surface area (Å²) in [6.07, 6.45) is 5.42. The van der Waals surface area contributed by atoms with Gasteiger partial charge in [-0.15, -0.1) is 0 Å². The minimum absolute atomic E-state index is 0.0364. The highest BCUT2D eigenvalue weighted by molar-refractivity contribution is 5.79. The molecule has 35 heavy (non-hydrogen) atoms. The summed E-state index contributed by atoms with van der Waals surface area (Å²) in [4.78, 5) is 20.0. The van der Waals surface area contributed by atoms with Crippen molar-refractivity contribution in [2.75, 3.05) is 6.61 Å². The summed E-state index contributed by atoms with van der Waals surface area (Å²) in [7, 11) is 0. The van der Waals surface area contributed by atoms with E-state index in [0.29, 0.717) is 19.4 Å². The van der Waals surface area contributed by atoms with Crippen LogP contribution in [0.2, 0.25) is 0 Å². The van der Waals surface area contributed by atoms with Crippen molar-refractivity contribution in [3.05, 3.63) is 88.7 Å². The minimum Gasteiger partial charge on any atom is -0.448 e. The van der Waals surface area contributed by atoms with Crippen molar-refractivity contribution in [2.45, 2.75) is 69.6 Å². The number of hydrogen-bond donors (Lipinski definition) is 1. The van der Waals surface area contributed by atoms with Crippen molar-refractivity contribution in [3.63, 3.8) is 0 Å². The van der Waals surface area contributed by atoms with Crippen LogP contribution in [0.15, 0.2) is 60.8 Å². The van der Waals surface area contributed by atoms with E-state index in [1.165, 1.54) is 22.3 Å². The molecule has 0 saturated carbocycles. The second-order valence-electron chi connectivity index (χ2n) is 10.6. The van der Waals surface area contributed by atoms with E-state index in [-0.39, 0.29) is 24.1 Å². The number of pyridine rings is 1. The number of aromatic nitrogens is 1. The number of aliphatic hydroxyl groups is 1. The van der Waals surface area contributed by atoms with E-state index in [0.717, 1.165) is 36.1 Å². The van der Waals surface area contributed by atoms with E-state index < -0.39 is 5.60 Å². The Labute approximate surface area is 206 Å². The van der Waals surface area contributed by atoms with Crippen LogP contribution in [-0.4, -0.2) is 39.8 Å². The Kier molecular flexibility index (Phi) is 5.41. The number of rotatable bonds is 3. The molecule has 2 saturated heterocycles. The molecule has 0 spiro atoms. The Morgan fingerprint density at radius 2 is 1.63 bits per heavy atom. The highest BCUT2D eigenvalue weighted by atomic mass is 16.6. The maximum Gasteiger partial charge on any atom is 0.410 e. The molecule has 0 radical (unpaired) electrons. The first-order valence-corrected chi connectivity index (χ1v) is 12.7. The number of hydrogen-bond acceptors (Lipinski definition) is 4. The summed E-state index contributed by atoms with van der Waals surface area (Å²) < 4.78 is 6.02. The van der Waals surface area contributed by atoms with Gasteiger partial charge in [0, 0.05) is 37.0 Å². The van der Waals surface area contributed by atoms with Gasteiger partial charge in [0.15, 0.2) is 0 Å². The second kappa shape index (κ2) is 8.49. The molecule has 1 aromatic heterocycles. The predicted molar refractivity (Wildman–Crippen MR) is 135 cm³/mol. The lowest BCUT2D eigenvalue weighted by Crippen LogP contribution is -2.59. The molecule has 5 heteroatoms. The van der Waals surface area contributed by atoms with Crippen LogP contribution in [0.25, 0.3) is 11.1 Å². The monoisotopic (exact) mass is 468 g/mol. The van der Waals surface area contributed by atoms with Gasteiger partial charge >= 0.3 is 6.09 Å². The Hall–Kier alpha value is -3.18. The number of ether oxygens (including phenoxy) is 1. The maximum atomic E-state index is 13.5. The van der Waals surface area contributed by atoms with Gasteiger partial charge in [-0.1, -0.05) is 54.6 Å². The van der Waals surface area contributed by atoms with Crippen molar-refractivity contribution in [3.8, 4) is 11.1 Å². The lowest BCUT2D eigenvalue weighted by molar-refractivity contribution is -0.0916. The lowest BCUT2D eigenvalue weighted by Gasteiger charge is -2.51. The van der Waals surface area contributed by atoms with Gasteiger partial charge in [-0.05, 0) is 66.5 Å². The number of fused-ring (bicyclic) bond motifs is 5. The fraction of sp³-hybridized carbons (Fsp3) is 0.400. The van der Waals surface area contributed by atoms with Crippen LogP contribution >= 0.6 is 0 Å². The fourth-order valence-corrected chi connectivity index (χ4v) is 6.79. The van der Waals surface area contributed by atoms with Crippen molar-refractivity contribution in [1.82, 2.24) is 9.88 Å². The number of piperidine rings is 2. The van der Waals surface area contributed by atoms with E-state index in [1.807, 2.05) is 24.9 Å². The smallest absolute Gasteiger partial charge is 0.410 e. The Morgan fingerprint density at radius 1 is 1.03 bits per heavy atom. The van der Waals surface area contributed by atoms with Gasteiger partial charge in [0.05, 0.1) is 5.69 Å². The number of carbonyl (C=O) groups is 1. The van der Waals surface area contributed by atoms with Crippen LogP contribution in [0.1, 0.15) is 66.0 Å². The average Bonchev–Trinajstić information content (AvgIpc) is 3.15. The zero-order chi connectivity index (χ0) is 24.2. The first kappa shape index (κ1) is 22.3. The molecule has 3 aliphatic rings. The number of benzene rings is 2. The van der Waals surface area contributed by atoms with Crippen LogP contribution in [0, 0.1) is 13.8 Å². The van der Waals surface area contributed by atoms with Crippen molar-refractivity contribution >= 4 is 6.09 Å². The number of carbonyl (C=O) groups excluding carboxylic acids is 1. The van der Waals surface area contributed by atoms with Crippen LogP contribution in [0.3, 0.4) is 0 Å². The summed E-state index contributed by atoms with van der Waals surface area (Å²) in [5.41, 5.74) is 6.74. The summed E-state index contributed by atoms with van der Waals surface area (Å²) in [5.74, 6) is 0.0484. The lowest BCUT2D eigenvalue weighted by atomic mass is 9.73. The number of aryl methyl sites for hydroxylation is 2. The standard InChI is InChI=1S/C30H32N2O3/c1-19-14-20(2)28(31-17-19)30(34)15-21-8-7-9-22(16-30)32(21)29(33)35-18-27-25-12-5-3-10-23(25)24-11-4-6-13-26(24)27/h3-6,10-14,17,21-22,27,34H,7-9,15-16,18H2,1-2H3. The van der Waals surface area contributed by atoms with Crippen LogP contribution in [0.4, 0.5) is 4.79 Å². The first-order chi connectivity index (χ1) is 16.9. The van der Waals surface area contributed by atoms with Crippen LogP contribution in [0.5, 0.6) is 0 Å². The molecular formula is C30H32N2O3. The molecule has 6 rings (SSSR count). The third kappa shape index (κ3) is 3.73. The van der Waals surface area contributed by atoms with Crippen molar-refractivity contribution < 1.29 is 14.6 Å². The molecule has 3 aromatic rings. The molecule has 2 aliphatic heterocycles. The molecule has 5 nitrogen and oxygen atoms in total. The molecule has 2 aromatic carbocycles. The molecule has 2 unspecified atom stereocenters.